The van der Waals surface area contributed by atoms with Crippen molar-refractivity contribution in [2.75, 3.05) is 0 Å². The van der Waals surface area contributed by atoms with Gasteiger partial charge in [0.15, 0.2) is 0 Å². The summed E-state index contributed by atoms with van der Waals surface area (Å²) in [5.74, 6) is 0.612. The minimum Gasteiger partial charge on any atom is -0.400 e. The summed E-state index contributed by atoms with van der Waals surface area (Å²) in [5, 5.41) is 5.18. The molecule has 2 nitrogen and oxygen atoms in total. The fraction of sp³-hybridized carbons (Fsp3) is 0.317. The molecule has 0 fully saturated rings. The van der Waals surface area contributed by atoms with Crippen LogP contribution in [-0.2, 0) is 8.85 Å². The predicted octanol–water partition coefficient (Wildman–Crippen LogP) is 7.64. The standard InChI is InChI=1S/C41H48O2Si2/c1-40(2,3)44(34-19-11-7-12-20-34,35-21-13-8-14-22-35)42-38-29-27-33-31-32(38)28-30-39(33)43-45(41(4,5)6,36-23-15-9-16-24-36)37-25-17-10-18-26-37/h7-30,32-33,38-39H,31H2,1-6H3/t32-,33-,38-,39-/m1/s1. The van der Waals surface area contributed by atoms with Gasteiger partial charge >= 0.3 is 0 Å². The summed E-state index contributed by atoms with van der Waals surface area (Å²) in [6.07, 6.45) is 10.6. The highest BCUT2D eigenvalue weighted by Crippen LogP contribution is 2.44. The van der Waals surface area contributed by atoms with Crippen LogP contribution in [0, 0.1) is 11.8 Å². The van der Waals surface area contributed by atoms with Crippen LogP contribution in [0.15, 0.2) is 146 Å². The van der Waals surface area contributed by atoms with E-state index in [1.807, 2.05) is 0 Å². The first kappa shape index (κ1) is 31.7. The molecule has 6 rings (SSSR count). The molecule has 0 unspecified atom stereocenters. The largest absolute Gasteiger partial charge is 0.400 e. The van der Waals surface area contributed by atoms with Gasteiger partial charge in [0.25, 0.3) is 16.6 Å². The van der Waals surface area contributed by atoms with Gasteiger partial charge in [0.1, 0.15) is 0 Å². The van der Waals surface area contributed by atoms with Gasteiger partial charge in [0, 0.05) is 11.8 Å². The van der Waals surface area contributed by atoms with Crippen molar-refractivity contribution < 1.29 is 8.85 Å². The molecule has 0 aromatic heterocycles. The maximum Gasteiger partial charge on any atom is 0.261 e. The van der Waals surface area contributed by atoms with Crippen molar-refractivity contribution in [1.29, 1.82) is 0 Å². The molecule has 4 heteroatoms. The fourth-order valence-electron chi connectivity index (χ4n) is 7.79. The van der Waals surface area contributed by atoms with Crippen LogP contribution in [0.25, 0.3) is 0 Å². The van der Waals surface area contributed by atoms with Gasteiger partial charge in [-0.2, -0.15) is 0 Å². The van der Waals surface area contributed by atoms with E-state index in [-0.39, 0.29) is 22.3 Å². The highest BCUT2D eigenvalue weighted by molar-refractivity contribution is 7.00. The van der Waals surface area contributed by atoms with Crippen LogP contribution in [0.3, 0.4) is 0 Å². The molecule has 0 spiro atoms. The number of hydrogen-bond acceptors (Lipinski definition) is 2. The second-order valence-corrected chi connectivity index (χ2v) is 23.3. The molecule has 0 saturated heterocycles. The van der Waals surface area contributed by atoms with E-state index in [0.29, 0.717) is 11.8 Å². The van der Waals surface area contributed by atoms with Gasteiger partial charge in [0.2, 0.25) is 0 Å². The van der Waals surface area contributed by atoms with Gasteiger partial charge in [-0.05, 0) is 37.2 Å². The lowest BCUT2D eigenvalue weighted by molar-refractivity contribution is 0.113. The minimum absolute atomic E-state index is 0.0117. The van der Waals surface area contributed by atoms with Crippen LogP contribution >= 0.6 is 0 Å². The Morgan fingerprint density at radius 1 is 0.422 bits per heavy atom. The minimum atomic E-state index is -2.67. The number of benzene rings is 4. The molecule has 0 aliphatic heterocycles. The van der Waals surface area contributed by atoms with Crippen LogP contribution in [-0.4, -0.2) is 28.8 Å². The molecule has 2 aliphatic carbocycles. The Kier molecular flexibility index (Phi) is 8.79. The summed E-state index contributed by atoms with van der Waals surface area (Å²) < 4.78 is 15.2. The molecule has 4 aromatic rings. The monoisotopic (exact) mass is 628 g/mol. The van der Waals surface area contributed by atoms with E-state index in [1.54, 1.807) is 0 Å². The number of fused-ring (bicyclic) bond motifs is 2. The van der Waals surface area contributed by atoms with Crippen LogP contribution in [0.4, 0.5) is 0 Å². The zero-order valence-electron chi connectivity index (χ0n) is 27.7. The zero-order chi connectivity index (χ0) is 31.7. The second kappa shape index (κ2) is 12.5. The van der Waals surface area contributed by atoms with E-state index in [9.17, 15) is 0 Å². The Labute approximate surface area is 273 Å². The summed E-state index contributed by atoms with van der Waals surface area (Å²) in [6, 6.07) is 44.0. The molecular formula is C41H48O2Si2. The van der Waals surface area contributed by atoms with Crippen molar-refractivity contribution in [2.45, 2.75) is 70.2 Å². The van der Waals surface area contributed by atoms with Crippen LogP contribution in [0.2, 0.25) is 10.1 Å². The normalized spacial score (nSPS) is 21.9. The van der Waals surface area contributed by atoms with Crippen LogP contribution in [0.1, 0.15) is 48.0 Å². The Morgan fingerprint density at radius 2 is 0.689 bits per heavy atom. The summed E-state index contributed by atoms with van der Waals surface area (Å²) in [5.41, 5.74) is 0. The molecular weight excluding hydrogens is 581 g/mol. The van der Waals surface area contributed by atoms with Crippen molar-refractivity contribution in [3.05, 3.63) is 146 Å². The van der Waals surface area contributed by atoms with Gasteiger partial charge in [-0.15, -0.1) is 0 Å². The van der Waals surface area contributed by atoms with E-state index in [1.165, 1.54) is 20.7 Å². The van der Waals surface area contributed by atoms with E-state index in [4.69, 9.17) is 8.85 Å². The highest BCUT2D eigenvalue weighted by atomic mass is 28.4. The third kappa shape index (κ3) is 5.78. The predicted molar refractivity (Wildman–Crippen MR) is 195 cm³/mol. The molecule has 4 atom stereocenters. The van der Waals surface area contributed by atoms with E-state index in [2.05, 4.69) is 187 Å². The molecule has 0 amide bonds. The third-order valence-electron chi connectivity index (χ3n) is 9.94. The van der Waals surface area contributed by atoms with Gasteiger partial charge in [-0.3, -0.25) is 0 Å². The molecule has 0 N–H and O–H groups in total. The van der Waals surface area contributed by atoms with Crippen LogP contribution in [0.5, 0.6) is 0 Å². The smallest absolute Gasteiger partial charge is 0.261 e. The molecule has 0 radical (unpaired) electrons. The summed E-state index contributed by atoms with van der Waals surface area (Å²) >= 11 is 0. The lowest BCUT2D eigenvalue weighted by Gasteiger charge is -2.49. The first-order valence-corrected chi connectivity index (χ1v) is 20.3. The van der Waals surface area contributed by atoms with E-state index < -0.39 is 16.6 Å². The van der Waals surface area contributed by atoms with Crippen molar-refractivity contribution in [2.24, 2.45) is 11.8 Å². The first-order valence-electron chi connectivity index (χ1n) is 16.5. The Hall–Kier alpha value is -3.29. The molecule has 4 aromatic carbocycles. The summed E-state index contributed by atoms with van der Waals surface area (Å²) in [7, 11) is -5.34. The molecule has 2 aliphatic rings. The molecule has 0 heterocycles. The Bertz CT molecular complexity index is 1400. The topological polar surface area (TPSA) is 18.5 Å². The molecule has 45 heavy (non-hydrogen) atoms. The SMILES string of the molecule is CC(C)(C)[Si](O[C@@H]1C=C[C@@H]2C[C@H]1C=C[C@H]2O[Si](c1ccccc1)(c1ccccc1)C(C)(C)C)(c1ccccc1)c1ccccc1. The van der Waals surface area contributed by atoms with Gasteiger partial charge in [0.05, 0.1) is 12.2 Å². The van der Waals surface area contributed by atoms with Crippen molar-refractivity contribution in [3.63, 3.8) is 0 Å². The van der Waals surface area contributed by atoms with Gasteiger partial charge in [-0.1, -0.05) is 187 Å². The third-order valence-corrected chi connectivity index (χ3v) is 20.0. The highest BCUT2D eigenvalue weighted by Gasteiger charge is 2.54. The average Bonchev–Trinajstić information content (AvgIpc) is 3.05. The first-order chi connectivity index (χ1) is 21.6. The summed E-state index contributed by atoms with van der Waals surface area (Å²) in [4.78, 5) is 0. The molecule has 0 saturated carbocycles. The molecule has 232 valence electrons. The Morgan fingerprint density at radius 3 is 0.933 bits per heavy atom. The van der Waals surface area contributed by atoms with Crippen LogP contribution < -0.4 is 20.7 Å². The van der Waals surface area contributed by atoms with Crippen molar-refractivity contribution >= 4 is 37.4 Å². The van der Waals surface area contributed by atoms with Gasteiger partial charge < -0.3 is 8.85 Å². The van der Waals surface area contributed by atoms with E-state index in [0.717, 1.165) is 6.42 Å². The lowest BCUT2D eigenvalue weighted by atomic mass is 9.77. The number of rotatable bonds is 8. The Balaban J connectivity index is 1.36. The zero-order valence-corrected chi connectivity index (χ0v) is 29.7. The maximum absolute atomic E-state index is 7.60. The second-order valence-electron chi connectivity index (χ2n) is 14.8. The molecule has 2 bridgehead atoms. The van der Waals surface area contributed by atoms with Crippen molar-refractivity contribution in [1.82, 2.24) is 0 Å². The average molecular weight is 629 g/mol. The van der Waals surface area contributed by atoms with E-state index >= 15 is 0 Å². The fourth-order valence-corrected chi connectivity index (χ4v) is 17.1. The van der Waals surface area contributed by atoms with Gasteiger partial charge in [-0.25, -0.2) is 0 Å². The summed E-state index contributed by atoms with van der Waals surface area (Å²) in [6.45, 7) is 14.2. The maximum atomic E-state index is 7.60. The number of hydrogen-bond donors (Lipinski definition) is 0. The van der Waals surface area contributed by atoms with Crippen molar-refractivity contribution in [3.8, 4) is 0 Å². The quantitative estimate of drug-likeness (QED) is 0.148. The lowest BCUT2D eigenvalue weighted by Crippen LogP contribution is -2.69.